The molecule has 2 fully saturated rings. The molecule has 0 aromatic rings. The summed E-state index contributed by atoms with van der Waals surface area (Å²) in [5, 5.41) is 0. The average Bonchev–Trinajstić information content (AvgIpc) is 2.41. The fourth-order valence-corrected chi connectivity index (χ4v) is 4.69. The Kier molecular flexibility index (Phi) is 5.10. The zero-order valence-corrected chi connectivity index (χ0v) is 13.6. The fraction of sp³-hybridized carbons (Fsp3) is 1.00. The van der Waals surface area contributed by atoms with Gasteiger partial charge in [0.25, 0.3) is 10.2 Å². The minimum atomic E-state index is -3.31. The zero-order chi connectivity index (χ0) is 14.8. The Hall–Kier alpha value is -0.170. The van der Waals surface area contributed by atoms with Crippen molar-refractivity contribution in [3.8, 4) is 0 Å². The second-order valence-corrected chi connectivity index (χ2v) is 8.84. The summed E-state index contributed by atoms with van der Waals surface area (Å²) in [5.41, 5.74) is 6.01. The van der Waals surface area contributed by atoms with E-state index in [-0.39, 0.29) is 6.04 Å². The molecule has 2 aliphatic rings. The third-order valence-electron chi connectivity index (χ3n) is 4.90. The van der Waals surface area contributed by atoms with E-state index in [0.29, 0.717) is 31.0 Å². The molecule has 0 amide bonds. The molecule has 6 heteroatoms. The van der Waals surface area contributed by atoms with Gasteiger partial charge < -0.3 is 5.73 Å². The maximum atomic E-state index is 12.4. The summed E-state index contributed by atoms with van der Waals surface area (Å²) in [4.78, 5) is 0. The minimum absolute atomic E-state index is 0.111. The summed E-state index contributed by atoms with van der Waals surface area (Å²) in [5.74, 6) is 0.483. The number of nitrogens with one attached hydrogen (secondary N) is 1. The fourth-order valence-electron chi connectivity index (χ4n) is 3.19. The van der Waals surface area contributed by atoms with Crippen molar-refractivity contribution < 1.29 is 8.42 Å². The molecule has 5 nitrogen and oxygen atoms in total. The molecular formula is C14H29N3O2S. The van der Waals surface area contributed by atoms with E-state index in [2.05, 4.69) is 18.6 Å². The van der Waals surface area contributed by atoms with Gasteiger partial charge in [-0.25, -0.2) is 0 Å². The first-order chi connectivity index (χ1) is 9.32. The summed E-state index contributed by atoms with van der Waals surface area (Å²) >= 11 is 0. The lowest BCUT2D eigenvalue weighted by Crippen LogP contribution is -2.49. The number of nitrogens with two attached hydrogens (primary N) is 1. The third-order valence-corrected chi connectivity index (χ3v) is 6.58. The summed E-state index contributed by atoms with van der Waals surface area (Å²) in [7, 11) is -3.31. The minimum Gasteiger partial charge on any atom is -0.330 e. The standard InChI is InChI=1S/C14H29N3O2S/c1-14(2)7-3-13(4-8-14)16-20(18,19)17-9-5-12(11-15)6-10-17/h12-13,16H,3-11,15H2,1-2H3. The molecule has 1 aliphatic carbocycles. The van der Waals surface area contributed by atoms with Gasteiger partial charge in [-0.15, -0.1) is 0 Å². The van der Waals surface area contributed by atoms with E-state index in [9.17, 15) is 8.42 Å². The topological polar surface area (TPSA) is 75.4 Å². The van der Waals surface area contributed by atoms with Crippen LogP contribution in [-0.4, -0.2) is 38.4 Å². The molecule has 0 aromatic heterocycles. The molecular weight excluding hydrogens is 274 g/mol. The number of hydrogen-bond acceptors (Lipinski definition) is 3. The highest BCUT2D eigenvalue weighted by Crippen LogP contribution is 2.35. The quantitative estimate of drug-likeness (QED) is 0.825. The van der Waals surface area contributed by atoms with Gasteiger partial charge in [-0.2, -0.15) is 17.4 Å². The normalized spacial score (nSPS) is 26.8. The molecule has 0 bridgehead atoms. The van der Waals surface area contributed by atoms with Crippen LogP contribution < -0.4 is 10.5 Å². The van der Waals surface area contributed by atoms with Crippen LogP contribution >= 0.6 is 0 Å². The lowest BCUT2D eigenvalue weighted by atomic mass is 9.76. The van der Waals surface area contributed by atoms with E-state index < -0.39 is 10.2 Å². The van der Waals surface area contributed by atoms with Gasteiger partial charge in [0, 0.05) is 19.1 Å². The highest BCUT2D eigenvalue weighted by Gasteiger charge is 2.32. The highest BCUT2D eigenvalue weighted by atomic mass is 32.2. The molecule has 0 atom stereocenters. The second-order valence-electron chi connectivity index (χ2n) is 7.14. The monoisotopic (exact) mass is 303 g/mol. The summed E-state index contributed by atoms with van der Waals surface area (Å²) in [6.07, 6.45) is 5.85. The predicted molar refractivity (Wildman–Crippen MR) is 81.4 cm³/mol. The number of piperidine rings is 1. The first-order valence-corrected chi connectivity index (χ1v) is 9.24. The molecule has 1 saturated carbocycles. The van der Waals surface area contributed by atoms with Gasteiger partial charge in [0.1, 0.15) is 0 Å². The smallest absolute Gasteiger partial charge is 0.279 e. The summed E-state index contributed by atoms with van der Waals surface area (Å²) in [6.45, 7) is 6.40. The van der Waals surface area contributed by atoms with Gasteiger partial charge >= 0.3 is 0 Å². The van der Waals surface area contributed by atoms with Crippen molar-refractivity contribution in [1.29, 1.82) is 0 Å². The first-order valence-electron chi connectivity index (χ1n) is 7.80. The predicted octanol–water partition coefficient (Wildman–Crippen LogP) is 1.46. The maximum Gasteiger partial charge on any atom is 0.279 e. The van der Waals surface area contributed by atoms with Crippen molar-refractivity contribution >= 4 is 10.2 Å². The average molecular weight is 303 g/mol. The van der Waals surface area contributed by atoms with Crippen LogP contribution in [0.15, 0.2) is 0 Å². The van der Waals surface area contributed by atoms with E-state index in [1.807, 2.05) is 0 Å². The highest BCUT2D eigenvalue weighted by molar-refractivity contribution is 7.87. The van der Waals surface area contributed by atoms with Gasteiger partial charge in [0.2, 0.25) is 0 Å². The van der Waals surface area contributed by atoms with Crippen LogP contribution in [-0.2, 0) is 10.2 Å². The second kappa shape index (κ2) is 6.30. The maximum absolute atomic E-state index is 12.4. The van der Waals surface area contributed by atoms with Crippen molar-refractivity contribution in [3.63, 3.8) is 0 Å². The molecule has 1 saturated heterocycles. The largest absolute Gasteiger partial charge is 0.330 e. The van der Waals surface area contributed by atoms with Crippen LogP contribution in [0.25, 0.3) is 0 Å². The van der Waals surface area contributed by atoms with E-state index in [0.717, 1.165) is 38.5 Å². The van der Waals surface area contributed by atoms with Gasteiger partial charge in [-0.3, -0.25) is 0 Å². The molecule has 1 heterocycles. The van der Waals surface area contributed by atoms with Gasteiger partial charge in [-0.05, 0) is 56.4 Å². The lowest BCUT2D eigenvalue weighted by molar-refractivity contribution is 0.214. The Morgan fingerprint density at radius 3 is 2.20 bits per heavy atom. The van der Waals surface area contributed by atoms with Crippen molar-refractivity contribution in [3.05, 3.63) is 0 Å². The number of nitrogens with zero attached hydrogens (tertiary/aromatic N) is 1. The molecule has 1 aliphatic heterocycles. The van der Waals surface area contributed by atoms with Gasteiger partial charge in [-0.1, -0.05) is 13.8 Å². The summed E-state index contributed by atoms with van der Waals surface area (Å²) in [6, 6.07) is 0.111. The SMILES string of the molecule is CC1(C)CCC(NS(=O)(=O)N2CCC(CN)CC2)CC1. The molecule has 2 rings (SSSR count). The molecule has 3 N–H and O–H groups in total. The molecule has 0 spiro atoms. The molecule has 20 heavy (non-hydrogen) atoms. The number of rotatable bonds is 4. The van der Waals surface area contributed by atoms with Crippen molar-refractivity contribution in [1.82, 2.24) is 9.03 Å². The number of hydrogen-bond donors (Lipinski definition) is 2. The molecule has 0 aromatic carbocycles. The molecule has 0 unspecified atom stereocenters. The van der Waals surface area contributed by atoms with Crippen LogP contribution in [0.3, 0.4) is 0 Å². The van der Waals surface area contributed by atoms with E-state index in [1.54, 1.807) is 4.31 Å². The van der Waals surface area contributed by atoms with E-state index >= 15 is 0 Å². The Balaban J connectivity index is 1.86. The Morgan fingerprint density at radius 2 is 1.70 bits per heavy atom. The van der Waals surface area contributed by atoms with Crippen LogP contribution in [0.2, 0.25) is 0 Å². The van der Waals surface area contributed by atoms with E-state index in [1.165, 1.54) is 0 Å². The third kappa shape index (κ3) is 4.16. The Labute approximate surface area is 123 Å². The zero-order valence-electron chi connectivity index (χ0n) is 12.8. The summed E-state index contributed by atoms with van der Waals surface area (Å²) < 4.78 is 29.3. The Morgan fingerprint density at radius 1 is 1.15 bits per heavy atom. The van der Waals surface area contributed by atoms with Crippen LogP contribution in [0.1, 0.15) is 52.4 Å². The van der Waals surface area contributed by atoms with Crippen LogP contribution in [0.4, 0.5) is 0 Å². The first kappa shape index (κ1) is 16.2. The van der Waals surface area contributed by atoms with Gasteiger partial charge in [0.15, 0.2) is 0 Å². The van der Waals surface area contributed by atoms with Crippen molar-refractivity contribution in [2.75, 3.05) is 19.6 Å². The van der Waals surface area contributed by atoms with Crippen LogP contribution in [0.5, 0.6) is 0 Å². The molecule has 118 valence electrons. The van der Waals surface area contributed by atoms with Crippen LogP contribution in [0, 0.1) is 11.3 Å². The molecule has 0 radical (unpaired) electrons. The van der Waals surface area contributed by atoms with E-state index in [4.69, 9.17) is 5.73 Å². The van der Waals surface area contributed by atoms with Gasteiger partial charge in [0.05, 0.1) is 0 Å². The Bertz CT molecular complexity index is 404. The van der Waals surface area contributed by atoms with Crippen molar-refractivity contribution in [2.24, 2.45) is 17.1 Å². The van der Waals surface area contributed by atoms with Crippen molar-refractivity contribution in [2.45, 2.75) is 58.4 Å². The lowest BCUT2D eigenvalue weighted by Gasteiger charge is -2.36.